The van der Waals surface area contributed by atoms with E-state index < -0.39 is 0 Å². The molecule has 1 saturated carbocycles. The standard InChI is InChI=1S/C15H21Br2NO2/c1-9(2)15(8-18-10-4-5-10)20-14-7-11(16)13(19-3)6-12(14)17/h6-7,9-10,15,18H,4-5,8H2,1-3H3. The highest BCUT2D eigenvalue weighted by atomic mass is 79.9. The molecule has 0 aromatic heterocycles. The Morgan fingerprint density at radius 3 is 2.35 bits per heavy atom. The van der Waals surface area contributed by atoms with Crippen LogP contribution < -0.4 is 14.8 Å². The van der Waals surface area contributed by atoms with Gasteiger partial charge < -0.3 is 14.8 Å². The molecule has 5 heteroatoms. The van der Waals surface area contributed by atoms with Gasteiger partial charge in [-0.15, -0.1) is 0 Å². The van der Waals surface area contributed by atoms with E-state index in [4.69, 9.17) is 9.47 Å². The monoisotopic (exact) mass is 405 g/mol. The Balaban J connectivity index is 2.06. The van der Waals surface area contributed by atoms with E-state index in [2.05, 4.69) is 51.0 Å². The molecule has 0 spiro atoms. The fraction of sp³-hybridized carbons (Fsp3) is 0.600. The second-order valence-electron chi connectivity index (χ2n) is 5.50. The third-order valence-corrected chi connectivity index (χ3v) is 4.65. The summed E-state index contributed by atoms with van der Waals surface area (Å²) in [6.45, 7) is 5.26. The Hall–Kier alpha value is -0.260. The van der Waals surface area contributed by atoms with Crippen LogP contribution in [0.1, 0.15) is 26.7 Å². The van der Waals surface area contributed by atoms with Crippen LogP contribution in [-0.4, -0.2) is 25.8 Å². The minimum Gasteiger partial charge on any atom is -0.496 e. The van der Waals surface area contributed by atoms with Gasteiger partial charge in [-0.2, -0.15) is 0 Å². The molecule has 1 unspecified atom stereocenters. The molecule has 0 radical (unpaired) electrons. The van der Waals surface area contributed by atoms with Crippen molar-refractivity contribution in [3.8, 4) is 11.5 Å². The van der Waals surface area contributed by atoms with Crippen molar-refractivity contribution in [1.82, 2.24) is 5.32 Å². The predicted octanol–water partition coefficient (Wildman–Crippen LogP) is 4.38. The minimum atomic E-state index is 0.159. The summed E-state index contributed by atoms with van der Waals surface area (Å²) in [5, 5.41) is 3.54. The van der Waals surface area contributed by atoms with E-state index in [0.717, 1.165) is 27.0 Å². The highest BCUT2D eigenvalue weighted by molar-refractivity contribution is 9.11. The van der Waals surface area contributed by atoms with Crippen LogP contribution in [0.4, 0.5) is 0 Å². The van der Waals surface area contributed by atoms with Gasteiger partial charge in [-0.05, 0) is 62.8 Å². The molecule has 1 aliphatic carbocycles. The number of nitrogens with one attached hydrogen (secondary N) is 1. The number of rotatable bonds is 7. The van der Waals surface area contributed by atoms with Gasteiger partial charge in [0.05, 0.1) is 16.1 Å². The molecule has 0 heterocycles. The summed E-state index contributed by atoms with van der Waals surface area (Å²) >= 11 is 7.05. The van der Waals surface area contributed by atoms with Crippen molar-refractivity contribution in [2.45, 2.75) is 38.8 Å². The maximum atomic E-state index is 6.17. The van der Waals surface area contributed by atoms with Crippen LogP contribution in [0, 0.1) is 5.92 Å². The summed E-state index contributed by atoms with van der Waals surface area (Å²) in [6, 6.07) is 4.58. The Morgan fingerprint density at radius 1 is 1.20 bits per heavy atom. The molecule has 0 saturated heterocycles. The largest absolute Gasteiger partial charge is 0.496 e. The quantitative estimate of drug-likeness (QED) is 0.728. The number of ether oxygens (including phenoxy) is 2. The van der Waals surface area contributed by atoms with Gasteiger partial charge in [-0.25, -0.2) is 0 Å². The first-order valence-corrected chi connectivity index (χ1v) is 8.53. The van der Waals surface area contributed by atoms with Gasteiger partial charge in [0, 0.05) is 12.6 Å². The molecule has 112 valence electrons. The van der Waals surface area contributed by atoms with Gasteiger partial charge in [0.2, 0.25) is 0 Å². The van der Waals surface area contributed by atoms with Gasteiger partial charge >= 0.3 is 0 Å². The van der Waals surface area contributed by atoms with E-state index in [1.165, 1.54) is 12.8 Å². The second-order valence-corrected chi connectivity index (χ2v) is 7.21. The van der Waals surface area contributed by atoms with Gasteiger partial charge in [-0.3, -0.25) is 0 Å². The Morgan fingerprint density at radius 2 is 1.80 bits per heavy atom. The molecule has 1 fully saturated rings. The van der Waals surface area contributed by atoms with Crippen LogP contribution in [0.25, 0.3) is 0 Å². The van der Waals surface area contributed by atoms with E-state index >= 15 is 0 Å². The molecule has 0 bridgehead atoms. The lowest BCUT2D eigenvalue weighted by molar-refractivity contribution is 0.147. The zero-order chi connectivity index (χ0) is 14.7. The maximum Gasteiger partial charge on any atom is 0.135 e. The summed E-state index contributed by atoms with van der Waals surface area (Å²) in [5.41, 5.74) is 0. The highest BCUT2D eigenvalue weighted by Gasteiger charge is 2.24. The summed E-state index contributed by atoms with van der Waals surface area (Å²) in [4.78, 5) is 0. The van der Waals surface area contributed by atoms with Crippen molar-refractivity contribution >= 4 is 31.9 Å². The normalized spacial score (nSPS) is 16.3. The highest BCUT2D eigenvalue weighted by Crippen LogP contribution is 2.36. The molecule has 3 nitrogen and oxygen atoms in total. The molecule has 1 aliphatic rings. The van der Waals surface area contributed by atoms with E-state index in [-0.39, 0.29) is 6.10 Å². The van der Waals surface area contributed by atoms with Crippen molar-refractivity contribution in [1.29, 1.82) is 0 Å². The van der Waals surface area contributed by atoms with Crippen molar-refractivity contribution in [3.63, 3.8) is 0 Å². The lowest BCUT2D eigenvalue weighted by Gasteiger charge is -2.24. The van der Waals surface area contributed by atoms with Gasteiger partial charge in [0.1, 0.15) is 17.6 Å². The summed E-state index contributed by atoms with van der Waals surface area (Å²) in [7, 11) is 1.66. The Kier molecular flexibility index (Phi) is 5.75. The summed E-state index contributed by atoms with van der Waals surface area (Å²) < 4.78 is 13.3. The predicted molar refractivity (Wildman–Crippen MR) is 88.7 cm³/mol. The zero-order valence-electron chi connectivity index (χ0n) is 12.1. The number of hydrogen-bond donors (Lipinski definition) is 1. The molecule has 1 aromatic carbocycles. The van der Waals surface area contributed by atoms with Gasteiger partial charge in [-0.1, -0.05) is 13.8 Å². The van der Waals surface area contributed by atoms with Crippen molar-refractivity contribution in [2.24, 2.45) is 5.92 Å². The average Bonchev–Trinajstić information content (AvgIpc) is 3.21. The molecule has 0 aliphatic heterocycles. The second kappa shape index (κ2) is 7.14. The van der Waals surface area contributed by atoms with Gasteiger partial charge in [0.15, 0.2) is 0 Å². The van der Waals surface area contributed by atoms with Crippen LogP contribution in [0.3, 0.4) is 0 Å². The van der Waals surface area contributed by atoms with E-state index in [1.807, 2.05) is 12.1 Å². The van der Waals surface area contributed by atoms with Crippen LogP contribution in [0.5, 0.6) is 11.5 Å². The molecule has 2 rings (SSSR count). The summed E-state index contributed by atoms with van der Waals surface area (Å²) in [5.74, 6) is 2.09. The van der Waals surface area contributed by atoms with E-state index in [1.54, 1.807) is 7.11 Å². The smallest absolute Gasteiger partial charge is 0.135 e. The van der Waals surface area contributed by atoms with Crippen LogP contribution >= 0.6 is 31.9 Å². The SMILES string of the molecule is COc1cc(Br)c(OC(CNC2CC2)C(C)C)cc1Br. The minimum absolute atomic E-state index is 0.159. The molecular weight excluding hydrogens is 386 g/mol. The van der Waals surface area contributed by atoms with E-state index in [9.17, 15) is 0 Å². The van der Waals surface area contributed by atoms with E-state index in [0.29, 0.717) is 12.0 Å². The molecular formula is C15H21Br2NO2. The van der Waals surface area contributed by atoms with Crippen LogP contribution in [0.2, 0.25) is 0 Å². The van der Waals surface area contributed by atoms with Gasteiger partial charge in [0.25, 0.3) is 0 Å². The first kappa shape index (κ1) is 16.1. The van der Waals surface area contributed by atoms with Crippen molar-refractivity contribution in [2.75, 3.05) is 13.7 Å². The Bertz CT molecular complexity index is 461. The van der Waals surface area contributed by atoms with Crippen LogP contribution in [0.15, 0.2) is 21.1 Å². The zero-order valence-corrected chi connectivity index (χ0v) is 15.3. The molecule has 0 amide bonds. The number of halogens is 2. The fourth-order valence-electron chi connectivity index (χ4n) is 1.90. The number of methoxy groups -OCH3 is 1. The van der Waals surface area contributed by atoms with Crippen molar-refractivity contribution in [3.05, 3.63) is 21.1 Å². The number of hydrogen-bond acceptors (Lipinski definition) is 3. The lowest BCUT2D eigenvalue weighted by Crippen LogP contribution is -2.36. The lowest BCUT2D eigenvalue weighted by atomic mass is 10.1. The number of benzene rings is 1. The maximum absolute atomic E-state index is 6.17. The van der Waals surface area contributed by atoms with Crippen molar-refractivity contribution < 1.29 is 9.47 Å². The first-order valence-electron chi connectivity index (χ1n) is 6.94. The topological polar surface area (TPSA) is 30.5 Å². The fourth-order valence-corrected chi connectivity index (χ4v) is 2.80. The third-order valence-electron chi connectivity index (χ3n) is 3.41. The average molecular weight is 407 g/mol. The third kappa shape index (κ3) is 4.37. The summed E-state index contributed by atoms with van der Waals surface area (Å²) in [6.07, 6.45) is 2.75. The molecule has 1 aromatic rings. The molecule has 1 atom stereocenters. The Labute approximate surface area is 137 Å². The molecule has 20 heavy (non-hydrogen) atoms. The first-order chi connectivity index (χ1) is 9.51. The van der Waals surface area contributed by atoms with Crippen LogP contribution in [-0.2, 0) is 0 Å². The molecule has 1 N–H and O–H groups in total.